The molecule has 4 heteroatoms. The highest BCUT2D eigenvalue weighted by Gasteiger charge is 2.23. The van der Waals surface area contributed by atoms with Crippen LogP contribution >= 0.6 is 11.6 Å². The van der Waals surface area contributed by atoms with Gasteiger partial charge in [-0.1, -0.05) is 23.7 Å². The number of aromatic nitrogens is 1. The van der Waals surface area contributed by atoms with E-state index in [0.717, 1.165) is 30.3 Å². The minimum absolute atomic E-state index is 0.265. The predicted octanol–water partition coefficient (Wildman–Crippen LogP) is 2.80. The van der Waals surface area contributed by atoms with Crippen molar-refractivity contribution in [3.63, 3.8) is 0 Å². The number of morpholine rings is 1. The molecule has 0 aliphatic carbocycles. The summed E-state index contributed by atoms with van der Waals surface area (Å²) in [6.45, 7) is 4.57. The van der Waals surface area contributed by atoms with Gasteiger partial charge in [-0.2, -0.15) is 0 Å². The highest BCUT2D eigenvalue weighted by Crippen LogP contribution is 2.34. The fourth-order valence-electron chi connectivity index (χ4n) is 2.81. The number of hydrogen-bond acceptors (Lipinski definition) is 2. The summed E-state index contributed by atoms with van der Waals surface area (Å²) in [6, 6.07) is 6.36. The molecule has 1 aliphatic rings. The summed E-state index contributed by atoms with van der Waals surface area (Å²) < 4.78 is 7.75. The molecule has 0 spiro atoms. The van der Waals surface area contributed by atoms with E-state index in [4.69, 9.17) is 16.3 Å². The van der Waals surface area contributed by atoms with Crippen molar-refractivity contribution in [1.29, 1.82) is 0 Å². The summed E-state index contributed by atoms with van der Waals surface area (Å²) in [6.07, 6.45) is 0. The number of nitrogens with one attached hydrogen (secondary N) is 1. The maximum atomic E-state index is 6.31. The maximum Gasteiger partial charge on any atom is 0.0672 e. The van der Waals surface area contributed by atoms with Crippen LogP contribution in [0.15, 0.2) is 18.2 Å². The van der Waals surface area contributed by atoms with E-state index >= 15 is 0 Å². The molecule has 2 aromatic rings. The van der Waals surface area contributed by atoms with Crippen molar-refractivity contribution in [1.82, 2.24) is 9.88 Å². The molecule has 3 nitrogen and oxygen atoms in total. The summed E-state index contributed by atoms with van der Waals surface area (Å²) in [4.78, 5) is 0. The van der Waals surface area contributed by atoms with Gasteiger partial charge in [0.1, 0.15) is 0 Å². The molecule has 1 saturated heterocycles. The number of aryl methyl sites for hydroxylation is 1. The first-order valence-electron chi connectivity index (χ1n) is 6.24. The zero-order valence-electron chi connectivity index (χ0n) is 10.7. The molecule has 2 heterocycles. The lowest BCUT2D eigenvalue weighted by atomic mass is 10.0. The molecule has 0 bridgehead atoms. The van der Waals surface area contributed by atoms with Crippen LogP contribution in [0.5, 0.6) is 0 Å². The summed E-state index contributed by atoms with van der Waals surface area (Å²) in [7, 11) is 2.07. The molecule has 1 N–H and O–H groups in total. The smallest absolute Gasteiger partial charge is 0.0672 e. The molecular formula is C14H17ClN2O. The summed E-state index contributed by atoms with van der Waals surface area (Å²) in [5.41, 5.74) is 3.68. The molecular weight excluding hydrogens is 248 g/mol. The van der Waals surface area contributed by atoms with E-state index in [2.05, 4.69) is 29.9 Å². The second kappa shape index (κ2) is 4.57. The van der Waals surface area contributed by atoms with Crippen molar-refractivity contribution in [2.45, 2.75) is 13.0 Å². The van der Waals surface area contributed by atoms with Gasteiger partial charge in [0.25, 0.3) is 0 Å². The summed E-state index contributed by atoms with van der Waals surface area (Å²) in [5.74, 6) is 0. The third-order valence-electron chi connectivity index (χ3n) is 3.78. The van der Waals surface area contributed by atoms with E-state index in [9.17, 15) is 0 Å². The number of halogens is 1. The lowest BCUT2D eigenvalue weighted by molar-refractivity contribution is 0.0770. The zero-order valence-corrected chi connectivity index (χ0v) is 11.4. The van der Waals surface area contributed by atoms with Gasteiger partial charge >= 0.3 is 0 Å². The van der Waals surface area contributed by atoms with E-state index in [1.54, 1.807) is 0 Å². The van der Waals surface area contributed by atoms with Crippen molar-refractivity contribution < 1.29 is 4.74 Å². The number of ether oxygens (including phenoxy) is 1. The van der Waals surface area contributed by atoms with Crippen LogP contribution in [0.25, 0.3) is 10.9 Å². The van der Waals surface area contributed by atoms with Crippen molar-refractivity contribution in [3.8, 4) is 0 Å². The van der Waals surface area contributed by atoms with Crippen LogP contribution < -0.4 is 5.32 Å². The molecule has 1 aromatic carbocycles. The molecule has 1 unspecified atom stereocenters. The minimum Gasteiger partial charge on any atom is -0.378 e. The molecule has 18 heavy (non-hydrogen) atoms. The first kappa shape index (κ1) is 12.0. The van der Waals surface area contributed by atoms with Gasteiger partial charge in [-0.25, -0.2) is 0 Å². The summed E-state index contributed by atoms with van der Waals surface area (Å²) in [5, 5.41) is 5.55. The Morgan fingerprint density at radius 2 is 2.28 bits per heavy atom. The van der Waals surface area contributed by atoms with E-state index in [0.29, 0.717) is 0 Å². The van der Waals surface area contributed by atoms with Gasteiger partial charge in [-0.05, 0) is 18.6 Å². The molecule has 96 valence electrons. The highest BCUT2D eigenvalue weighted by molar-refractivity contribution is 6.35. The van der Waals surface area contributed by atoms with E-state index in [-0.39, 0.29) is 6.04 Å². The minimum atomic E-state index is 0.265. The van der Waals surface area contributed by atoms with Gasteiger partial charge < -0.3 is 14.6 Å². The lowest BCUT2D eigenvalue weighted by Gasteiger charge is -2.24. The van der Waals surface area contributed by atoms with Crippen LogP contribution in [-0.2, 0) is 11.8 Å². The fourth-order valence-corrected chi connectivity index (χ4v) is 3.11. The molecule has 1 aromatic heterocycles. The maximum absolute atomic E-state index is 6.31. The SMILES string of the molecule is Cc1c(C2COCCN2)c2cccc(Cl)c2n1C. The second-order valence-corrected chi connectivity index (χ2v) is 5.18. The standard InChI is InChI=1S/C14H17ClN2O/c1-9-13(12-8-18-7-6-16-12)10-4-3-5-11(15)14(10)17(9)2/h3-5,12,16H,6-8H2,1-2H3. The quantitative estimate of drug-likeness (QED) is 0.857. The Morgan fingerprint density at radius 1 is 1.44 bits per heavy atom. The first-order valence-corrected chi connectivity index (χ1v) is 6.62. The lowest BCUT2D eigenvalue weighted by Crippen LogP contribution is -2.34. The number of fused-ring (bicyclic) bond motifs is 1. The number of para-hydroxylation sites is 1. The third kappa shape index (κ3) is 1.74. The Morgan fingerprint density at radius 3 is 3.00 bits per heavy atom. The average molecular weight is 265 g/mol. The Kier molecular flexibility index (Phi) is 3.06. The van der Waals surface area contributed by atoms with Gasteiger partial charge in [0, 0.05) is 24.7 Å². The van der Waals surface area contributed by atoms with Gasteiger partial charge in [0.15, 0.2) is 0 Å². The van der Waals surface area contributed by atoms with Crippen molar-refractivity contribution in [3.05, 3.63) is 34.5 Å². The van der Waals surface area contributed by atoms with Crippen molar-refractivity contribution in [2.75, 3.05) is 19.8 Å². The van der Waals surface area contributed by atoms with E-state index < -0.39 is 0 Å². The first-order chi connectivity index (χ1) is 8.70. The van der Waals surface area contributed by atoms with E-state index in [1.165, 1.54) is 16.6 Å². The largest absolute Gasteiger partial charge is 0.378 e. The predicted molar refractivity (Wildman–Crippen MR) is 74.2 cm³/mol. The van der Waals surface area contributed by atoms with Gasteiger partial charge in [-0.15, -0.1) is 0 Å². The Labute approximate surface area is 112 Å². The van der Waals surface area contributed by atoms with Crippen LogP contribution in [0.1, 0.15) is 17.3 Å². The number of rotatable bonds is 1. The zero-order chi connectivity index (χ0) is 12.7. The van der Waals surface area contributed by atoms with E-state index in [1.807, 2.05) is 12.1 Å². The van der Waals surface area contributed by atoms with Crippen molar-refractivity contribution in [2.24, 2.45) is 7.05 Å². The molecule has 1 fully saturated rings. The van der Waals surface area contributed by atoms with Crippen LogP contribution in [0, 0.1) is 6.92 Å². The topological polar surface area (TPSA) is 26.2 Å². The van der Waals surface area contributed by atoms with Crippen LogP contribution in [0.3, 0.4) is 0 Å². The average Bonchev–Trinajstić information content (AvgIpc) is 2.64. The Hall–Kier alpha value is -1.03. The highest BCUT2D eigenvalue weighted by atomic mass is 35.5. The second-order valence-electron chi connectivity index (χ2n) is 4.78. The fraction of sp³-hybridized carbons (Fsp3) is 0.429. The van der Waals surface area contributed by atoms with Crippen LogP contribution in [0.4, 0.5) is 0 Å². The molecule has 1 atom stereocenters. The number of benzene rings is 1. The molecule has 0 amide bonds. The molecule has 0 radical (unpaired) electrons. The normalized spacial score (nSPS) is 20.5. The number of nitrogens with zero attached hydrogens (tertiary/aromatic N) is 1. The Balaban J connectivity index is 2.22. The van der Waals surface area contributed by atoms with Gasteiger partial charge in [0.05, 0.1) is 29.8 Å². The van der Waals surface area contributed by atoms with Crippen molar-refractivity contribution >= 4 is 22.5 Å². The monoisotopic (exact) mass is 264 g/mol. The van der Waals surface area contributed by atoms with Gasteiger partial charge in [0.2, 0.25) is 0 Å². The third-order valence-corrected chi connectivity index (χ3v) is 4.08. The Bertz CT molecular complexity index is 585. The summed E-state index contributed by atoms with van der Waals surface area (Å²) >= 11 is 6.31. The van der Waals surface area contributed by atoms with Gasteiger partial charge in [-0.3, -0.25) is 0 Å². The molecule has 1 aliphatic heterocycles. The van der Waals surface area contributed by atoms with Crippen LogP contribution in [0.2, 0.25) is 5.02 Å². The molecule has 0 saturated carbocycles. The molecule has 3 rings (SSSR count). The van der Waals surface area contributed by atoms with Crippen LogP contribution in [-0.4, -0.2) is 24.3 Å². The number of hydrogen-bond donors (Lipinski definition) is 1.